The number of sulfone groups is 1. The molecule has 0 saturated carbocycles. The van der Waals surface area contributed by atoms with E-state index in [1.807, 2.05) is 18.4 Å². The molecular weight excluding hydrogens is 346 g/mol. The van der Waals surface area contributed by atoms with Crippen LogP contribution in [0.2, 0.25) is 0 Å². The molecule has 128 valence electrons. The minimum absolute atomic E-state index is 0.0986. The summed E-state index contributed by atoms with van der Waals surface area (Å²) in [5, 5.41) is 2.70. The Kier molecular flexibility index (Phi) is 6.28. The van der Waals surface area contributed by atoms with Gasteiger partial charge in [0.1, 0.15) is 5.75 Å². The van der Waals surface area contributed by atoms with Crippen LogP contribution < -0.4 is 10.1 Å². The highest BCUT2D eigenvalue weighted by molar-refractivity contribution is 7.98. The molecule has 0 spiro atoms. The van der Waals surface area contributed by atoms with Gasteiger partial charge in [-0.2, -0.15) is 0 Å². The predicted molar refractivity (Wildman–Crippen MR) is 96.5 cm³/mol. The lowest BCUT2D eigenvalue weighted by Crippen LogP contribution is -2.17. The molecule has 0 aliphatic heterocycles. The molecule has 0 aliphatic rings. The van der Waals surface area contributed by atoms with Gasteiger partial charge in [0.25, 0.3) is 0 Å². The Morgan fingerprint density at radius 1 is 1.08 bits per heavy atom. The predicted octanol–water partition coefficient (Wildman–Crippen LogP) is 3.22. The van der Waals surface area contributed by atoms with Crippen molar-refractivity contribution in [2.24, 2.45) is 0 Å². The monoisotopic (exact) mass is 365 g/mol. The van der Waals surface area contributed by atoms with Crippen LogP contribution in [-0.2, 0) is 14.6 Å². The molecule has 0 bridgehead atoms. The third kappa shape index (κ3) is 5.01. The summed E-state index contributed by atoms with van der Waals surface area (Å²) in [6, 6.07) is 13.5. The lowest BCUT2D eigenvalue weighted by molar-refractivity contribution is -0.115. The van der Waals surface area contributed by atoms with Gasteiger partial charge in [0.15, 0.2) is 9.84 Å². The van der Waals surface area contributed by atoms with E-state index in [2.05, 4.69) is 5.32 Å². The van der Waals surface area contributed by atoms with Crippen LogP contribution in [0, 0.1) is 0 Å². The highest BCUT2D eigenvalue weighted by Crippen LogP contribution is 2.19. The zero-order valence-corrected chi connectivity index (χ0v) is 15.1. The molecule has 2 aromatic carbocycles. The van der Waals surface area contributed by atoms with Crippen LogP contribution in [0.3, 0.4) is 0 Å². The molecule has 2 rings (SSSR count). The number of thioether (sulfide) groups is 1. The first kappa shape index (κ1) is 18.4. The largest absolute Gasteiger partial charge is 0.497 e. The molecule has 0 fully saturated rings. The molecule has 1 amide bonds. The van der Waals surface area contributed by atoms with Gasteiger partial charge in [-0.05, 0) is 54.8 Å². The van der Waals surface area contributed by atoms with Crippen molar-refractivity contribution in [2.45, 2.75) is 16.2 Å². The first-order valence-corrected chi connectivity index (χ1v) is 10.1. The molecule has 0 heterocycles. The Hall–Kier alpha value is -1.99. The van der Waals surface area contributed by atoms with E-state index in [0.29, 0.717) is 11.4 Å². The standard InChI is InChI=1S/C17H19NO4S2/c1-22-14-5-9-16(10-6-14)24(20,21)12-11-17(19)18-13-3-7-15(23-2)8-4-13/h3-10H,11-12H2,1-2H3,(H,18,19). The zero-order valence-electron chi connectivity index (χ0n) is 13.5. The Morgan fingerprint density at radius 3 is 2.25 bits per heavy atom. The first-order chi connectivity index (χ1) is 11.4. The lowest BCUT2D eigenvalue weighted by atomic mass is 10.3. The number of nitrogens with one attached hydrogen (secondary N) is 1. The van der Waals surface area contributed by atoms with Crippen LogP contribution >= 0.6 is 11.8 Å². The maximum Gasteiger partial charge on any atom is 0.225 e. The quantitative estimate of drug-likeness (QED) is 0.763. The number of amides is 1. The third-order valence-electron chi connectivity index (χ3n) is 3.39. The van der Waals surface area contributed by atoms with E-state index in [-0.39, 0.29) is 23.0 Å². The van der Waals surface area contributed by atoms with Gasteiger partial charge in [-0.1, -0.05) is 0 Å². The van der Waals surface area contributed by atoms with E-state index in [1.165, 1.54) is 19.2 Å². The molecule has 0 unspecified atom stereocenters. The molecule has 2 aromatic rings. The van der Waals surface area contributed by atoms with Gasteiger partial charge in [0, 0.05) is 17.0 Å². The highest BCUT2D eigenvalue weighted by Gasteiger charge is 2.16. The summed E-state index contributed by atoms with van der Waals surface area (Å²) in [5.74, 6) is 0.0120. The third-order valence-corrected chi connectivity index (χ3v) is 5.87. The summed E-state index contributed by atoms with van der Waals surface area (Å²) in [6.45, 7) is 0. The number of anilines is 1. The highest BCUT2D eigenvalue weighted by atomic mass is 32.2. The molecule has 7 heteroatoms. The van der Waals surface area contributed by atoms with Gasteiger partial charge in [0.2, 0.25) is 5.91 Å². The minimum atomic E-state index is -3.50. The average molecular weight is 365 g/mol. The van der Waals surface area contributed by atoms with Gasteiger partial charge in [-0.15, -0.1) is 11.8 Å². The van der Waals surface area contributed by atoms with Crippen molar-refractivity contribution in [2.75, 3.05) is 24.4 Å². The van der Waals surface area contributed by atoms with Gasteiger partial charge >= 0.3 is 0 Å². The molecule has 0 atom stereocenters. The number of methoxy groups -OCH3 is 1. The fraction of sp³-hybridized carbons (Fsp3) is 0.235. The van der Waals surface area contributed by atoms with E-state index in [4.69, 9.17) is 4.74 Å². The Morgan fingerprint density at radius 2 is 1.71 bits per heavy atom. The van der Waals surface area contributed by atoms with E-state index in [0.717, 1.165) is 4.90 Å². The first-order valence-electron chi connectivity index (χ1n) is 7.25. The second-order valence-electron chi connectivity index (χ2n) is 5.02. The van der Waals surface area contributed by atoms with Crippen LogP contribution in [-0.4, -0.2) is 33.4 Å². The minimum Gasteiger partial charge on any atom is -0.497 e. The molecule has 0 saturated heterocycles. The van der Waals surface area contributed by atoms with Gasteiger partial charge < -0.3 is 10.1 Å². The van der Waals surface area contributed by atoms with Crippen LogP contribution in [0.15, 0.2) is 58.3 Å². The maximum atomic E-state index is 12.2. The summed E-state index contributed by atoms with van der Waals surface area (Å²) in [7, 11) is -1.99. The zero-order chi connectivity index (χ0) is 17.6. The van der Waals surface area contributed by atoms with E-state index in [1.54, 1.807) is 36.0 Å². The summed E-state index contributed by atoms with van der Waals surface area (Å²) in [5.41, 5.74) is 0.652. The van der Waals surface area contributed by atoms with Crippen molar-refractivity contribution < 1.29 is 17.9 Å². The van der Waals surface area contributed by atoms with Crippen molar-refractivity contribution in [1.29, 1.82) is 0 Å². The SMILES string of the molecule is COc1ccc(S(=O)(=O)CCC(=O)Nc2ccc(SC)cc2)cc1. The van der Waals surface area contributed by atoms with E-state index >= 15 is 0 Å². The van der Waals surface area contributed by atoms with Crippen LogP contribution in [0.25, 0.3) is 0 Å². The molecular formula is C17H19NO4S2. The normalized spacial score (nSPS) is 11.1. The van der Waals surface area contributed by atoms with Crippen LogP contribution in [0.1, 0.15) is 6.42 Å². The van der Waals surface area contributed by atoms with Crippen molar-refractivity contribution in [1.82, 2.24) is 0 Å². The number of benzene rings is 2. The fourth-order valence-electron chi connectivity index (χ4n) is 2.03. The van der Waals surface area contributed by atoms with Crippen molar-refractivity contribution in [3.63, 3.8) is 0 Å². The average Bonchev–Trinajstić information content (AvgIpc) is 2.61. The van der Waals surface area contributed by atoms with Crippen molar-refractivity contribution in [3.05, 3.63) is 48.5 Å². The summed E-state index contributed by atoms with van der Waals surface area (Å²) in [4.78, 5) is 13.2. The summed E-state index contributed by atoms with van der Waals surface area (Å²) in [6.07, 6.45) is 1.87. The Labute approximate surface area is 146 Å². The number of hydrogen-bond donors (Lipinski definition) is 1. The summed E-state index contributed by atoms with van der Waals surface area (Å²) >= 11 is 1.61. The van der Waals surface area contributed by atoms with E-state index < -0.39 is 9.84 Å². The summed E-state index contributed by atoms with van der Waals surface area (Å²) < 4.78 is 29.5. The van der Waals surface area contributed by atoms with Gasteiger partial charge in [-0.3, -0.25) is 4.79 Å². The molecule has 0 radical (unpaired) electrons. The smallest absolute Gasteiger partial charge is 0.225 e. The second kappa shape index (κ2) is 8.21. The number of ether oxygens (including phenoxy) is 1. The topological polar surface area (TPSA) is 72.5 Å². The van der Waals surface area contributed by atoms with Gasteiger partial charge in [-0.25, -0.2) is 8.42 Å². The number of rotatable bonds is 7. The molecule has 0 aliphatic carbocycles. The second-order valence-corrected chi connectivity index (χ2v) is 8.01. The number of carbonyl (C=O) groups excluding carboxylic acids is 1. The van der Waals surface area contributed by atoms with E-state index in [9.17, 15) is 13.2 Å². The van der Waals surface area contributed by atoms with Crippen molar-refractivity contribution >= 4 is 33.2 Å². The van der Waals surface area contributed by atoms with Crippen LogP contribution in [0.5, 0.6) is 5.75 Å². The number of carbonyl (C=O) groups is 1. The molecule has 5 nitrogen and oxygen atoms in total. The maximum absolute atomic E-state index is 12.2. The Bertz CT molecular complexity index is 784. The fourth-order valence-corrected chi connectivity index (χ4v) is 3.67. The lowest BCUT2D eigenvalue weighted by Gasteiger charge is -2.07. The molecule has 1 N–H and O–H groups in total. The van der Waals surface area contributed by atoms with Crippen LogP contribution in [0.4, 0.5) is 5.69 Å². The number of hydrogen-bond acceptors (Lipinski definition) is 5. The Balaban J connectivity index is 1.93. The molecule has 24 heavy (non-hydrogen) atoms. The van der Waals surface area contributed by atoms with Gasteiger partial charge in [0.05, 0.1) is 17.8 Å². The van der Waals surface area contributed by atoms with Crippen molar-refractivity contribution in [3.8, 4) is 5.75 Å². The molecule has 0 aromatic heterocycles.